The number of methoxy groups -OCH3 is 1. The average Bonchev–Trinajstić information content (AvgIpc) is 3.51. The van der Waals surface area contributed by atoms with E-state index in [0.717, 1.165) is 31.6 Å². The smallest absolute Gasteiger partial charge is 0.417 e. The van der Waals surface area contributed by atoms with Crippen LogP contribution in [0.1, 0.15) is 46.5 Å². The van der Waals surface area contributed by atoms with Gasteiger partial charge >= 0.3 is 24.0 Å². The molecular weight excluding hydrogens is 702 g/mol. The highest BCUT2D eigenvalue weighted by molar-refractivity contribution is 7.91. The number of aromatic amines is 1. The van der Waals surface area contributed by atoms with Gasteiger partial charge in [0.15, 0.2) is 14.1 Å². The van der Waals surface area contributed by atoms with Crippen LogP contribution >= 0.6 is 0 Å². The summed E-state index contributed by atoms with van der Waals surface area (Å²) in [5, 5.41) is 7.91. The van der Waals surface area contributed by atoms with Crippen molar-refractivity contribution in [3.63, 3.8) is 0 Å². The van der Waals surface area contributed by atoms with Crippen LogP contribution in [-0.4, -0.2) is 73.0 Å². The number of nitrogens with one attached hydrogen (secondary N) is 2. The molecule has 50 heavy (non-hydrogen) atoms. The van der Waals surface area contributed by atoms with Crippen LogP contribution in [0.15, 0.2) is 56.2 Å². The molecule has 0 saturated carbocycles. The molecule has 268 valence electrons. The largest absolute Gasteiger partial charge is 0.465 e. The third-order valence-electron chi connectivity index (χ3n) is 7.26. The Labute approximate surface area is 278 Å². The van der Waals surface area contributed by atoms with E-state index in [0.29, 0.717) is 6.07 Å². The molecule has 3 heterocycles. The molecule has 0 spiro atoms. The number of hydrogen-bond acceptors (Lipinski definition) is 9. The van der Waals surface area contributed by atoms with Gasteiger partial charge in [-0.05, 0) is 48.3 Å². The fourth-order valence-electron chi connectivity index (χ4n) is 5.25. The number of alkyl halides is 6. The van der Waals surface area contributed by atoms with E-state index < -0.39 is 50.7 Å². The number of anilines is 1. The number of nitrogen functional groups attached to an aromatic ring is 1. The zero-order valence-corrected chi connectivity index (χ0v) is 27.9. The van der Waals surface area contributed by atoms with Crippen molar-refractivity contribution < 1.29 is 53.7 Å². The van der Waals surface area contributed by atoms with Crippen LogP contribution < -0.4 is 21.8 Å². The number of H-pyrrole nitrogens is 1. The highest BCUT2D eigenvalue weighted by Gasteiger charge is 2.40. The molecule has 1 aromatic heterocycles. The van der Waals surface area contributed by atoms with E-state index in [-0.39, 0.29) is 61.4 Å². The lowest BCUT2D eigenvalue weighted by Gasteiger charge is -2.14. The number of nitrogens with zero attached hydrogens (tertiary/aromatic N) is 5. The van der Waals surface area contributed by atoms with Crippen molar-refractivity contribution in [2.45, 2.75) is 38.3 Å². The van der Waals surface area contributed by atoms with E-state index >= 15 is 0 Å². The maximum atomic E-state index is 13.6. The standard InChI is InChI=1S/C15H14F3N5O4S.C14H14F3N3O2/c1-7-4-12(22(2)20-7)8-5-9-11(6-10(8)15(16,17)18)19-14(25)23(13(9)24)21-28(3,26)27;1-7-4-12(20(2)19-7)8-5-9(13(21)22-3)11(18)6-10(8)14(15,16)17/h4-7,21H,1-3H3;4-7H,1-3H3,(H-,18,21)/p+2. The Bertz CT molecular complexity index is 2270. The van der Waals surface area contributed by atoms with Gasteiger partial charge in [0.2, 0.25) is 21.4 Å². The predicted octanol–water partition coefficient (Wildman–Crippen LogP) is 3.96. The average molecular weight is 733 g/mol. The van der Waals surface area contributed by atoms with Crippen molar-refractivity contribution >= 4 is 44.0 Å². The molecule has 0 fully saturated rings. The molecule has 0 amide bonds. The molecular formula is C29H30F6N8O6S+2. The van der Waals surface area contributed by atoms with E-state index in [4.69, 9.17) is 5.73 Å². The number of ether oxygens (including phenoxy) is 1. The van der Waals surface area contributed by atoms with Crippen molar-refractivity contribution in [1.82, 2.24) is 9.66 Å². The number of carbonyl (C=O) groups is 1. The second kappa shape index (κ2) is 13.2. The van der Waals surface area contributed by atoms with Gasteiger partial charge in [0.25, 0.3) is 5.56 Å². The number of nitrogens with two attached hydrogens (primary N) is 1. The van der Waals surface area contributed by atoms with Crippen molar-refractivity contribution in [2.75, 3.05) is 38.0 Å². The summed E-state index contributed by atoms with van der Waals surface area (Å²) in [5.41, 5.74) is 0.430. The summed E-state index contributed by atoms with van der Waals surface area (Å²) in [7, 11) is 0.164. The van der Waals surface area contributed by atoms with Gasteiger partial charge in [-0.15, -0.1) is 0 Å². The normalized spacial score (nSPS) is 17.8. The Kier molecular flexibility index (Phi) is 9.88. The predicted molar refractivity (Wildman–Crippen MR) is 167 cm³/mol. The highest BCUT2D eigenvalue weighted by atomic mass is 32.2. The van der Waals surface area contributed by atoms with Gasteiger partial charge in [0.1, 0.15) is 12.1 Å². The molecule has 2 aromatic carbocycles. The number of sulfonamides is 1. The number of benzene rings is 2. The van der Waals surface area contributed by atoms with Crippen LogP contribution in [0.3, 0.4) is 0 Å². The van der Waals surface area contributed by atoms with E-state index in [1.54, 1.807) is 31.8 Å². The Morgan fingerprint density at radius 3 is 1.82 bits per heavy atom. The molecule has 0 radical (unpaired) electrons. The number of halogens is 6. The summed E-state index contributed by atoms with van der Waals surface area (Å²) < 4.78 is 111. The topological polar surface area (TPSA) is 184 Å². The summed E-state index contributed by atoms with van der Waals surface area (Å²) in [4.78, 5) is 40.1. The number of azo groups is 4. The molecule has 5 rings (SSSR count). The highest BCUT2D eigenvalue weighted by Crippen LogP contribution is 2.40. The fraction of sp³-hybridized carbons (Fsp3) is 0.345. The molecule has 0 aliphatic carbocycles. The molecule has 0 bridgehead atoms. The summed E-state index contributed by atoms with van der Waals surface area (Å²) in [6.07, 6.45) is -5.57. The third-order valence-corrected chi connectivity index (χ3v) is 7.77. The SMILES string of the molecule is CC1C=C(c2cc3c(=O)n(NS(C)(=O)=O)c(=O)[nH]c3cc2C(F)(F)F)[N+](C)=N1.COC(=O)c1cc(C2=CC(C)N=[N+]2C)c(C(F)(F)F)cc1N. The Hall–Kier alpha value is -5.34. The quantitative estimate of drug-likeness (QED) is 0.154. The maximum absolute atomic E-state index is 13.6. The molecule has 0 saturated heterocycles. The van der Waals surface area contributed by atoms with Gasteiger partial charge in [0, 0.05) is 17.8 Å². The lowest BCUT2D eigenvalue weighted by Crippen LogP contribution is -2.43. The lowest BCUT2D eigenvalue weighted by molar-refractivity contribution is -0.469. The van der Waals surface area contributed by atoms with Crippen LogP contribution in [0.5, 0.6) is 0 Å². The molecule has 2 unspecified atom stereocenters. The van der Waals surface area contributed by atoms with E-state index in [2.05, 4.69) is 19.9 Å². The summed E-state index contributed by atoms with van der Waals surface area (Å²) in [6, 6.07) is 2.85. The number of esters is 1. The first-order valence-electron chi connectivity index (χ1n) is 14.2. The number of rotatable bonds is 5. The molecule has 2 atom stereocenters. The minimum absolute atomic E-state index is 0.112. The molecule has 2 aliphatic rings. The zero-order valence-electron chi connectivity index (χ0n) is 27.1. The van der Waals surface area contributed by atoms with Crippen LogP contribution in [0.25, 0.3) is 22.3 Å². The number of aromatic nitrogens is 2. The van der Waals surface area contributed by atoms with Gasteiger partial charge in [-0.1, -0.05) is 9.39 Å². The van der Waals surface area contributed by atoms with Crippen LogP contribution in [0.2, 0.25) is 0 Å². The first-order chi connectivity index (χ1) is 22.9. The Morgan fingerprint density at radius 1 is 0.920 bits per heavy atom. The van der Waals surface area contributed by atoms with Crippen molar-refractivity contribution in [3.05, 3.63) is 85.1 Å². The lowest BCUT2D eigenvalue weighted by atomic mass is 9.98. The summed E-state index contributed by atoms with van der Waals surface area (Å²) in [5.74, 6) is -0.793. The van der Waals surface area contributed by atoms with Gasteiger partial charge < -0.3 is 15.5 Å². The van der Waals surface area contributed by atoms with Gasteiger partial charge in [-0.3, -0.25) is 4.79 Å². The molecule has 21 heteroatoms. The van der Waals surface area contributed by atoms with Gasteiger partial charge in [0.05, 0.1) is 52.1 Å². The van der Waals surface area contributed by atoms with Gasteiger partial charge in [-0.25, -0.2) is 22.8 Å². The number of fused-ring (bicyclic) bond motifs is 1. The minimum Gasteiger partial charge on any atom is -0.465 e. The number of hydrogen-bond donors (Lipinski definition) is 3. The first-order valence-corrected chi connectivity index (χ1v) is 16.1. The van der Waals surface area contributed by atoms with Gasteiger partial charge in [-0.2, -0.15) is 31.0 Å². The van der Waals surface area contributed by atoms with Crippen LogP contribution in [0, 0.1) is 0 Å². The Balaban J connectivity index is 0.000000232. The molecule has 14 nitrogen and oxygen atoms in total. The summed E-state index contributed by atoms with van der Waals surface area (Å²) in [6.45, 7) is 3.42. The van der Waals surface area contributed by atoms with E-state index in [1.807, 2.05) is 0 Å². The molecule has 4 N–H and O–H groups in total. The van der Waals surface area contributed by atoms with E-state index in [9.17, 15) is 49.1 Å². The van der Waals surface area contributed by atoms with E-state index in [1.165, 1.54) is 22.5 Å². The second-order valence-corrected chi connectivity index (χ2v) is 12.9. The van der Waals surface area contributed by atoms with Crippen molar-refractivity contribution in [1.29, 1.82) is 0 Å². The Morgan fingerprint density at radius 2 is 1.40 bits per heavy atom. The van der Waals surface area contributed by atoms with Crippen molar-refractivity contribution in [2.24, 2.45) is 10.2 Å². The zero-order chi connectivity index (χ0) is 37.7. The third kappa shape index (κ3) is 7.76. The molecule has 3 aromatic rings. The summed E-state index contributed by atoms with van der Waals surface area (Å²) >= 11 is 0. The van der Waals surface area contributed by atoms with Crippen molar-refractivity contribution in [3.8, 4) is 0 Å². The van der Waals surface area contributed by atoms with Crippen LogP contribution in [0.4, 0.5) is 32.0 Å². The maximum Gasteiger partial charge on any atom is 0.417 e. The molecule has 2 aliphatic heterocycles. The fourth-order valence-corrected chi connectivity index (χ4v) is 5.74. The van der Waals surface area contributed by atoms with Crippen LogP contribution in [-0.2, 0) is 27.1 Å². The monoisotopic (exact) mass is 732 g/mol. The first kappa shape index (κ1) is 37.5. The second-order valence-electron chi connectivity index (χ2n) is 11.2. The minimum atomic E-state index is -4.77. The number of carbonyl (C=O) groups excluding carboxylic acids is 1.